The maximum absolute atomic E-state index is 14.7. The second-order valence-electron chi connectivity index (χ2n) is 15.4. The zero-order valence-electron chi connectivity index (χ0n) is 32.5. The Bertz CT molecular complexity index is 1920. The van der Waals surface area contributed by atoms with Crippen molar-refractivity contribution in [3.05, 3.63) is 114 Å². The van der Waals surface area contributed by atoms with Crippen molar-refractivity contribution in [2.24, 2.45) is 0 Å². The van der Waals surface area contributed by atoms with Crippen molar-refractivity contribution < 1.29 is 33.0 Å². The van der Waals surface area contributed by atoms with Crippen LogP contribution in [0.5, 0.6) is 11.6 Å². The van der Waals surface area contributed by atoms with Gasteiger partial charge in [-0.05, 0) is 88.6 Å². The van der Waals surface area contributed by atoms with E-state index in [-0.39, 0.29) is 36.2 Å². The predicted molar refractivity (Wildman–Crippen MR) is 212 cm³/mol. The third kappa shape index (κ3) is 11.5. The van der Waals surface area contributed by atoms with Gasteiger partial charge in [0.25, 0.3) is 5.91 Å². The predicted octanol–water partition coefficient (Wildman–Crippen LogP) is 8.13. The number of hydrogen-bond donors (Lipinski definition) is 2. The Kier molecular flexibility index (Phi) is 13.6. The molecular formula is C44H52FN5O6. The highest BCUT2D eigenvalue weighted by Gasteiger charge is 2.28. The molecule has 3 amide bonds. The first-order valence-corrected chi connectivity index (χ1v) is 19.5. The Morgan fingerprint density at radius 1 is 0.839 bits per heavy atom. The fourth-order valence-electron chi connectivity index (χ4n) is 7.09. The molecule has 1 saturated carbocycles. The maximum atomic E-state index is 14.7. The molecule has 56 heavy (non-hydrogen) atoms. The number of hydrogen-bond acceptors (Lipinski definition) is 8. The fourth-order valence-corrected chi connectivity index (χ4v) is 7.09. The van der Waals surface area contributed by atoms with Crippen LogP contribution in [0, 0.1) is 5.82 Å². The number of halogens is 1. The summed E-state index contributed by atoms with van der Waals surface area (Å²) in [6.45, 7) is 9.21. The number of aromatic nitrogens is 1. The lowest BCUT2D eigenvalue weighted by molar-refractivity contribution is 0.0487. The van der Waals surface area contributed by atoms with Crippen molar-refractivity contribution >= 4 is 18.1 Å². The average molecular weight is 766 g/mol. The summed E-state index contributed by atoms with van der Waals surface area (Å²) in [5.41, 5.74) is 3.08. The van der Waals surface area contributed by atoms with Crippen LogP contribution in [0.15, 0.2) is 91.1 Å². The molecule has 3 aromatic carbocycles. The smallest absolute Gasteiger partial charge is 0.410 e. The van der Waals surface area contributed by atoms with Crippen molar-refractivity contribution in [2.75, 3.05) is 32.7 Å². The van der Waals surface area contributed by atoms with Gasteiger partial charge < -0.3 is 29.7 Å². The van der Waals surface area contributed by atoms with Crippen molar-refractivity contribution in [3.63, 3.8) is 0 Å². The van der Waals surface area contributed by atoms with Crippen LogP contribution in [0.3, 0.4) is 0 Å². The van der Waals surface area contributed by atoms with Gasteiger partial charge >= 0.3 is 12.2 Å². The Labute approximate surface area is 328 Å². The number of rotatable bonds is 12. The highest BCUT2D eigenvalue weighted by atomic mass is 19.1. The number of carbonyl (C=O) groups excluding carboxylic acids is 3. The molecule has 0 bridgehead atoms. The van der Waals surface area contributed by atoms with Crippen LogP contribution in [0.1, 0.15) is 74.4 Å². The van der Waals surface area contributed by atoms with Crippen LogP contribution in [-0.2, 0) is 22.5 Å². The largest absolute Gasteiger partial charge is 0.445 e. The van der Waals surface area contributed by atoms with Crippen molar-refractivity contribution in [3.8, 4) is 22.8 Å². The third-order valence-electron chi connectivity index (χ3n) is 9.98. The quantitative estimate of drug-likeness (QED) is 0.148. The molecule has 12 heteroatoms. The molecule has 0 radical (unpaired) electrons. The fraction of sp³-hybridized carbons (Fsp3) is 0.409. The molecular weight excluding hydrogens is 714 g/mol. The number of aryl methyl sites for hydroxylation is 1. The molecule has 0 spiro atoms. The summed E-state index contributed by atoms with van der Waals surface area (Å²) in [5.74, 6) is -0.540. The molecule has 1 aromatic heterocycles. The van der Waals surface area contributed by atoms with E-state index in [2.05, 4.69) is 20.5 Å². The number of pyridine rings is 1. The number of carbonyl (C=O) groups is 3. The summed E-state index contributed by atoms with van der Waals surface area (Å²) in [4.78, 5) is 47.0. The summed E-state index contributed by atoms with van der Waals surface area (Å²) in [5, 5.41) is 5.97. The lowest BCUT2D eigenvalue weighted by atomic mass is 9.91. The van der Waals surface area contributed by atoms with Crippen LogP contribution >= 0.6 is 0 Å². The monoisotopic (exact) mass is 765 g/mol. The van der Waals surface area contributed by atoms with Crippen LogP contribution in [0.4, 0.5) is 14.0 Å². The number of para-hydroxylation sites is 1. The lowest BCUT2D eigenvalue weighted by Gasteiger charge is -2.34. The van der Waals surface area contributed by atoms with Crippen molar-refractivity contribution in [1.82, 2.24) is 25.4 Å². The van der Waals surface area contributed by atoms with Gasteiger partial charge in [0.05, 0.1) is 6.20 Å². The Morgan fingerprint density at radius 2 is 1.50 bits per heavy atom. The zero-order valence-corrected chi connectivity index (χ0v) is 32.5. The molecule has 0 unspecified atom stereocenters. The van der Waals surface area contributed by atoms with Gasteiger partial charge in [0.2, 0.25) is 5.88 Å². The van der Waals surface area contributed by atoms with Crippen molar-refractivity contribution in [2.45, 2.75) is 83.6 Å². The molecule has 11 nitrogen and oxygen atoms in total. The molecule has 2 heterocycles. The lowest BCUT2D eigenvalue weighted by Crippen LogP contribution is -2.49. The molecule has 1 aliphatic carbocycles. The molecule has 2 N–H and O–H groups in total. The number of amides is 3. The molecule has 1 saturated heterocycles. The molecule has 2 aliphatic rings. The molecule has 296 valence electrons. The first kappa shape index (κ1) is 40.2. The number of benzene rings is 3. The van der Waals surface area contributed by atoms with Gasteiger partial charge in [0, 0.05) is 43.8 Å². The standard InChI is InChI=1S/C44H52FN5O6/c1-44(2,3)56-42(52)48-36-21-19-35(20-22-36)47-40(51)38-28-34(45)29-46-41(38)55-39-33(16-10-18-37(39)32-14-8-5-9-15-32)17-11-23-49-24-26-50(27-25-49)43(53)54-30-31-12-6-4-7-13-31/h4-10,12-16,18,28-29,35-36H,11,17,19-27,30H2,1-3H3,(H,47,51)(H,48,52). The SMILES string of the molecule is CC(C)(C)OC(=O)NC1CCC(NC(=O)c2cc(F)cnc2Oc2c(CCCN3CCN(C(=O)OCc4ccccc4)CC3)cccc2-c2ccccc2)CC1. The van der Waals surface area contributed by atoms with E-state index < -0.39 is 23.4 Å². The van der Waals surface area contributed by atoms with E-state index in [1.165, 1.54) is 0 Å². The molecule has 1 aliphatic heterocycles. The van der Waals surface area contributed by atoms with Gasteiger partial charge in [-0.15, -0.1) is 0 Å². The minimum atomic E-state index is -0.645. The Hall–Kier alpha value is -5.49. The van der Waals surface area contributed by atoms with Gasteiger partial charge in [0.1, 0.15) is 29.3 Å². The van der Waals surface area contributed by atoms with Crippen molar-refractivity contribution in [1.29, 1.82) is 0 Å². The molecule has 6 rings (SSSR count). The first-order valence-electron chi connectivity index (χ1n) is 19.5. The van der Waals surface area contributed by atoms with E-state index in [4.69, 9.17) is 14.2 Å². The molecule has 0 atom stereocenters. The van der Waals surface area contributed by atoms with E-state index in [0.717, 1.165) is 60.6 Å². The van der Waals surface area contributed by atoms with Gasteiger partial charge in [-0.1, -0.05) is 78.9 Å². The molecule has 2 fully saturated rings. The third-order valence-corrected chi connectivity index (χ3v) is 9.98. The van der Waals surface area contributed by atoms with E-state index in [1.807, 2.05) is 99.6 Å². The highest BCUT2D eigenvalue weighted by Crippen LogP contribution is 2.38. The number of alkyl carbamates (subject to hydrolysis) is 1. The van der Waals surface area contributed by atoms with Crippen LogP contribution in [0.25, 0.3) is 11.1 Å². The van der Waals surface area contributed by atoms with Crippen LogP contribution in [0.2, 0.25) is 0 Å². The summed E-state index contributed by atoms with van der Waals surface area (Å²) in [6, 6.07) is 26.4. The highest BCUT2D eigenvalue weighted by molar-refractivity contribution is 5.96. The minimum absolute atomic E-state index is 0.00739. The number of nitrogens with one attached hydrogen (secondary N) is 2. The maximum Gasteiger partial charge on any atom is 0.410 e. The Balaban J connectivity index is 1.08. The summed E-state index contributed by atoms with van der Waals surface area (Å²) in [7, 11) is 0. The average Bonchev–Trinajstić information content (AvgIpc) is 3.19. The van der Waals surface area contributed by atoms with E-state index in [9.17, 15) is 18.8 Å². The second-order valence-corrected chi connectivity index (χ2v) is 15.4. The second kappa shape index (κ2) is 18.9. The summed E-state index contributed by atoms with van der Waals surface area (Å²) in [6.07, 6.45) is 4.42. The van der Waals surface area contributed by atoms with E-state index in [0.29, 0.717) is 50.9 Å². The minimum Gasteiger partial charge on any atom is -0.445 e. The molecule has 4 aromatic rings. The van der Waals surface area contributed by atoms with Gasteiger partial charge in [0.15, 0.2) is 0 Å². The topological polar surface area (TPSA) is 122 Å². The van der Waals surface area contributed by atoms with Gasteiger partial charge in [-0.2, -0.15) is 0 Å². The van der Waals surface area contributed by atoms with Gasteiger partial charge in [-0.25, -0.2) is 19.0 Å². The normalized spacial score (nSPS) is 17.5. The zero-order chi connectivity index (χ0) is 39.5. The number of ether oxygens (including phenoxy) is 3. The summed E-state index contributed by atoms with van der Waals surface area (Å²) < 4.78 is 32.2. The van der Waals surface area contributed by atoms with E-state index >= 15 is 0 Å². The Morgan fingerprint density at radius 3 is 2.18 bits per heavy atom. The van der Waals surface area contributed by atoms with Crippen LogP contribution < -0.4 is 15.4 Å². The van der Waals surface area contributed by atoms with E-state index in [1.54, 1.807) is 4.90 Å². The van der Waals surface area contributed by atoms with Gasteiger partial charge in [-0.3, -0.25) is 9.69 Å². The first-order chi connectivity index (χ1) is 27.0. The number of nitrogens with zero attached hydrogens (tertiary/aromatic N) is 3. The summed E-state index contributed by atoms with van der Waals surface area (Å²) >= 11 is 0. The van der Waals surface area contributed by atoms with Crippen LogP contribution in [-0.4, -0.2) is 83.3 Å². The number of piperazine rings is 1.